The van der Waals surface area contributed by atoms with Crippen LogP contribution in [0.3, 0.4) is 0 Å². The maximum Gasteiger partial charge on any atom is 0.160 e. The molecule has 226 valence electrons. The maximum atomic E-state index is 6.74. The minimum absolute atomic E-state index is 0.875. The molecule has 0 aliphatic heterocycles. The van der Waals surface area contributed by atoms with Crippen molar-refractivity contribution in [2.45, 2.75) is 0 Å². The second-order valence-corrected chi connectivity index (χ2v) is 12.2. The van der Waals surface area contributed by atoms with E-state index in [2.05, 4.69) is 187 Å². The predicted octanol–water partition coefficient (Wildman–Crippen LogP) is 13.2. The molecule has 0 unspecified atom stereocenters. The third-order valence-electron chi connectivity index (χ3n) is 9.23. The van der Waals surface area contributed by atoms with Crippen LogP contribution < -0.4 is 4.90 Å². The molecule has 0 spiro atoms. The summed E-state index contributed by atoms with van der Waals surface area (Å²) in [7, 11) is 0. The van der Waals surface area contributed by atoms with Crippen LogP contribution in [-0.2, 0) is 0 Å². The highest BCUT2D eigenvalue weighted by Crippen LogP contribution is 2.46. The fourth-order valence-electron chi connectivity index (χ4n) is 6.92. The van der Waals surface area contributed by atoms with Gasteiger partial charge in [-0.25, -0.2) is 0 Å². The molecule has 0 N–H and O–H groups in total. The van der Waals surface area contributed by atoms with E-state index in [-0.39, 0.29) is 0 Å². The zero-order valence-electron chi connectivity index (χ0n) is 26.3. The van der Waals surface area contributed by atoms with Gasteiger partial charge in [-0.3, -0.25) is 0 Å². The molecule has 0 radical (unpaired) electrons. The van der Waals surface area contributed by atoms with Gasteiger partial charge in [0.1, 0.15) is 5.58 Å². The van der Waals surface area contributed by atoms with Crippen molar-refractivity contribution in [1.82, 2.24) is 0 Å². The summed E-state index contributed by atoms with van der Waals surface area (Å²) in [5.74, 6) is 0. The van der Waals surface area contributed by atoms with Crippen LogP contribution in [0.5, 0.6) is 0 Å². The fourth-order valence-corrected chi connectivity index (χ4v) is 6.92. The summed E-state index contributed by atoms with van der Waals surface area (Å²) in [6, 6.07) is 66.8. The molecule has 0 atom stereocenters. The molecule has 8 aromatic carbocycles. The van der Waals surface area contributed by atoms with E-state index in [0.717, 1.165) is 44.6 Å². The summed E-state index contributed by atoms with van der Waals surface area (Å²) in [6.45, 7) is 0. The van der Waals surface area contributed by atoms with E-state index in [1.54, 1.807) is 0 Å². The van der Waals surface area contributed by atoms with Gasteiger partial charge in [0.05, 0.1) is 5.69 Å². The smallest absolute Gasteiger partial charge is 0.160 e. The monoisotopic (exact) mass is 613 g/mol. The van der Waals surface area contributed by atoms with E-state index in [4.69, 9.17) is 4.42 Å². The number of fused-ring (bicyclic) bond motifs is 5. The number of furan rings is 1. The highest BCUT2D eigenvalue weighted by Gasteiger charge is 2.22. The van der Waals surface area contributed by atoms with Crippen molar-refractivity contribution < 1.29 is 4.42 Å². The molecule has 0 aliphatic carbocycles. The van der Waals surface area contributed by atoms with Crippen LogP contribution in [0, 0.1) is 0 Å². The molecule has 0 saturated heterocycles. The second-order valence-electron chi connectivity index (χ2n) is 12.2. The number of hydrogen-bond acceptors (Lipinski definition) is 2. The lowest BCUT2D eigenvalue weighted by atomic mass is 9.98. The molecule has 0 bridgehead atoms. The van der Waals surface area contributed by atoms with Crippen molar-refractivity contribution in [3.63, 3.8) is 0 Å². The second kappa shape index (κ2) is 11.8. The minimum Gasteiger partial charge on any atom is -0.454 e. The molecule has 48 heavy (non-hydrogen) atoms. The molecule has 0 saturated carbocycles. The van der Waals surface area contributed by atoms with Crippen molar-refractivity contribution in [3.8, 4) is 33.4 Å². The quantitative estimate of drug-likeness (QED) is 0.185. The molecule has 9 rings (SSSR count). The van der Waals surface area contributed by atoms with Gasteiger partial charge in [-0.1, -0.05) is 146 Å². The lowest BCUT2D eigenvalue weighted by Gasteiger charge is -2.27. The number of anilines is 3. The maximum absolute atomic E-state index is 6.74. The third-order valence-corrected chi connectivity index (χ3v) is 9.23. The Morgan fingerprint density at radius 2 is 0.896 bits per heavy atom. The lowest BCUT2D eigenvalue weighted by molar-refractivity contribution is 0.669. The summed E-state index contributed by atoms with van der Waals surface area (Å²) >= 11 is 0. The molecular formula is C46H31NO. The normalized spacial score (nSPS) is 11.3. The average Bonchev–Trinajstić information content (AvgIpc) is 3.57. The lowest BCUT2D eigenvalue weighted by Crippen LogP contribution is -2.10. The zero-order valence-corrected chi connectivity index (χ0v) is 26.3. The minimum atomic E-state index is 0.875. The van der Waals surface area contributed by atoms with Gasteiger partial charge in [-0.05, 0) is 86.6 Å². The first-order valence-electron chi connectivity index (χ1n) is 16.3. The largest absolute Gasteiger partial charge is 0.454 e. The van der Waals surface area contributed by atoms with Gasteiger partial charge in [0.25, 0.3) is 0 Å². The van der Waals surface area contributed by atoms with Gasteiger partial charge in [-0.15, -0.1) is 0 Å². The van der Waals surface area contributed by atoms with Gasteiger partial charge < -0.3 is 9.32 Å². The first-order valence-corrected chi connectivity index (χ1v) is 16.3. The van der Waals surface area contributed by atoms with Crippen LogP contribution in [0.4, 0.5) is 17.1 Å². The van der Waals surface area contributed by atoms with Crippen molar-refractivity contribution in [1.29, 1.82) is 0 Å². The Morgan fingerprint density at radius 3 is 1.60 bits per heavy atom. The molecule has 1 aromatic heterocycles. The highest BCUT2D eigenvalue weighted by molar-refractivity contribution is 6.23. The molecular weight excluding hydrogens is 583 g/mol. The summed E-state index contributed by atoms with van der Waals surface area (Å²) in [4.78, 5) is 2.34. The molecule has 0 amide bonds. The zero-order chi connectivity index (χ0) is 31.9. The molecule has 0 fully saturated rings. The Balaban J connectivity index is 1.24. The van der Waals surface area contributed by atoms with Gasteiger partial charge in [-0.2, -0.15) is 0 Å². The van der Waals surface area contributed by atoms with Crippen molar-refractivity contribution in [2.75, 3.05) is 4.90 Å². The van der Waals surface area contributed by atoms with E-state index >= 15 is 0 Å². The number of hydrogen-bond donors (Lipinski definition) is 0. The molecule has 2 nitrogen and oxygen atoms in total. The Kier molecular flexibility index (Phi) is 6.84. The third kappa shape index (κ3) is 4.92. The standard InChI is InChI=1S/C46H31NO/c1-3-13-32(14-4-1)35-18-11-19-36(29-35)34-25-27-39(28-26-34)47(40-21-12-20-37(30-40)33-15-5-2-6-16-33)43-31-38-17-7-8-22-41(38)45-42-23-9-10-24-44(42)48-46(43)45/h1-31H. The number of benzene rings is 8. The van der Waals surface area contributed by atoms with Crippen molar-refractivity contribution >= 4 is 49.8 Å². The van der Waals surface area contributed by atoms with Gasteiger partial charge in [0.2, 0.25) is 0 Å². The van der Waals surface area contributed by atoms with Crippen LogP contribution in [0.15, 0.2) is 192 Å². The van der Waals surface area contributed by atoms with Crippen molar-refractivity contribution in [2.24, 2.45) is 0 Å². The SMILES string of the molecule is c1ccc(-c2cccc(-c3ccc(N(c4cccc(-c5ccccc5)c4)c4cc5ccccc5c5c4oc4ccccc45)cc3)c2)cc1. The first kappa shape index (κ1) is 27.9. The predicted molar refractivity (Wildman–Crippen MR) is 202 cm³/mol. The van der Waals surface area contributed by atoms with Gasteiger partial charge in [0.15, 0.2) is 5.58 Å². The number of para-hydroxylation sites is 1. The van der Waals surface area contributed by atoms with Crippen molar-refractivity contribution in [3.05, 3.63) is 188 Å². The highest BCUT2D eigenvalue weighted by atomic mass is 16.3. The molecule has 2 heteroatoms. The summed E-state index contributed by atoms with van der Waals surface area (Å²) < 4.78 is 6.74. The molecule has 0 aliphatic rings. The summed E-state index contributed by atoms with van der Waals surface area (Å²) in [6.07, 6.45) is 0. The topological polar surface area (TPSA) is 16.4 Å². The summed E-state index contributed by atoms with van der Waals surface area (Å²) in [5, 5.41) is 4.62. The van der Waals surface area contributed by atoms with E-state index in [1.807, 2.05) is 6.07 Å². The molecule has 9 aromatic rings. The fraction of sp³-hybridized carbons (Fsp3) is 0. The summed E-state index contributed by atoms with van der Waals surface area (Å²) in [5.41, 5.74) is 12.0. The molecule has 1 heterocycles. The average molecular weight is 614 g/mol. The van der Waals surface area contributed by atoms with Crippen LogP contribution in [0.1, 0.15) is 0 Å². The van der Waals surface area contributed by atoms with Crippen LogP contribution in [-0.4, -0.2) is 0 Å². The number of rotatable bonds is 6. The van der Waals surface area contributed by atoms with Crippen LogP contribution >= 0.6 is 0 Å². The Morgan fingerprint density at radius 1 is 0.354 bits per heavy atom. The van der Waals surface area contributed by atoms with Gasteiger partial charge >= 0.3 is 0 Å². The Bertz CT molecular complexity index is 2550. The number of nitrogens with zero attached hydrogens (tertiary/aromatic N) is 1. The van der Waals surface area contributed by atoms with Crippen LogP contribution in [0.25, 0.3) is 66.1 Å². The van der Waals surface area contributed by atoms with E-state index < -0.39 is 0 Å². The Labute approximate surface area is 279 Å². The van der Waals surface area contributed by atoms with Crippen LogP contribution in [0.2, 0.25) is 0 Å². The van der Waals surface area contributed by atoms with E-state index in [1.165, 1.54) is 38.6 Å². The van der Waals surface area contributed by atoms with Gasteiger partial charge in [0, 0.05) is 22.1 Å². The first-order chi connectivity index (χ1) is 23.8. The van der Waals surface area contributed by atoms with E-state index in [9.17, 15) is 0 Å². The van der Waals surface area contributed by atoms with E-state index in [0.29, 0.717) is 0 Å². The Hall–Kier alpha value is -6.38.